The summed E-state index contributed by atoms with van der Waals surface area (Å²) in [5.41, 5.74) is -0.376. The van der Waals surface area contributed by atoms with Crippen molar-refractivity contribution in [1.29, 1.82) is 0 Å². The van der Waals surface area contributed by atoms with Gasteiger partial charge in [0.2, 0.25) is 15.9 Å². The summed E-state index contributed by atoms with van der Waals surface area (Å²) in [5, 5.41) is 0. The number of hydrogen-bond donors (Lipinski definition) is 0. The second-order valence-electron chi connectivity index (χ2n) is 6.54. The highest BCUT2D eigenvalue weighted by atomic mass is 32.2. The van der Waals surface area contributed by atoms with E-state index in [9.17, 15) is 18.0 Å². The molecule has 1 fully saturated rings. The van der Waals surface area contributed by atoms with E-state index < -0.39 is 10.0 Å². The Balaban J connectivity index is 2.27. The molecule has 1 saturated carbocycles. The SMILES string of the molecule is CCN(C(=O)Cn1cc(S(=O)(=O)N(CC)CC)ccc1=O)C1CCCC1. The van der Waals surface area contributed by atoms with Gasteiger partial charge < -0.3 is 9.47 Å². The van der Waals surface area contributed by atoms with Crippen LogP contribution >= 0.6 is 0 Å². The van der Waals surface area contributed by atoms with E-state index in [2.05, 4.69) is 0 Å². The van der Waals surface area contributed by atoms with Crippen LogP contribution in [-0.2, 0) is 21.4 Å². The molecule has 1 heterocycles. The number of sulfonamides is 1. The lowest BCUT2D eigenvalue weighted by atomic mass is 10.2. The minimum atomic E-state index is -3.67. The van der Waals surface area contributed by atoms with Crippen molar-refractivity contribution in [2.75, 3.05) is 19.6 Å². The molecule has 8 heteroatoms. The Hall–Kier alpha value is -1.67. The summed E-state index contributed by atoms with van der Waals surface area (Å²) in [4.78, 5) is 26.7. The van der Waals surface area contributed by atoms with Crippen LogP contribution in [0.25, 0.3) is 0 Å². The molecule has 1 aromatic rings. The maximum absolute atomic E-state index is 12.7. The van der Waals surface area contributed by atoms with Gasteiger partial charge in [-0.15, -0.1) is 0 Å². The van der Waals surface area contributed by atoms with Gasteiger partial charge in [0.1, 0.15) is 6.54 Å². The van der Waals surface area contributed by atoms with Crippen LogP contribution in [0.2, 0.25) is 0 Å². The average molecular weight is 384 g/mol. The monoisotopic (exact) mass is 383 g/mol. The van der Waals surface area contributed by atoms with Crippen LogP contribution < -0.4 is 5.56 Å². The summed E-state index contributed by atoms with van der Waals surface area (Å²) in [6.07, 6.45) is 5.50. The number of carbonyl (C=O) groups excluding carboxylic acids is 1. The van der Waals surface area contributed by atoms with Gasteiger partial charge in [-0.3, -0.25) is 9.59 Å². The van der Waals surface area contributed by atoms with Crippen LogP contribution in [0.15, 0.2) is 28.0 Å². The van der Waals surface area contributed by atoms with Gasteiger partial charge in [-0.2, -0.15) is 4.31 Å². The lowest BCUT2D eigenvalue weighted by Crippen LogP contribution is -2.42. The molecule has 0 aromatic carbocycles. The topological polar surface area (TPSA) is 79.7 Å². The number of rotatable bonds is 8. The molecule has 0 radical (unpaired) electrons. The van der Waals surface area contributed by atoms with Gasteiger partial charge in [-0.25, -0.2) is 8.42 Å². The molecule has 1 aliphatic rings. The van der Waals surface area contributed by atoms with Gasteiger partial charge in [-0.1, -0.05) is 26.7 Å². The highest BCUT2D eigenvalue weighted by molar-refractivity contribution is 7.89. The molecular weight excluding hydrogens is 354 g/mol. The molecule has 146 valence electrons. The maximum Gasteiger partial charge on any atom is 0.251 e. The van der Waals surface area contributed by atoms with Crippen molar-refractivity contribution < 1.29 is 13.2 Å². The molecule has 0 spiro atoms. The molecule has 1 aliphatic carbocycles. The van der Waals surface area contributed by atoms with Crippen molar-refractivity contribution in [3.8, 4) is 0 Å². The zero-order chi connectivity index (χ0) is 19.3. The number of pyridine rings is 1. The summed E-state index contributed by atoms with van der Waals surface area (Å²) >= 11 is 0. The molecule has 0 unspecified atom stereocenters. The summed E-state index contributed by atoms with van der Waals surface area (Å²) < 4.78 is 27.9. The zero-order valence-corrected chi connectivity index (χ0v) is 16.7. The van der Waals surface area contributed by atoms with E-state index in [1.165, 1.54) is 27.2 Å². The largest absolute Gasteiger partial charge is 0.338 e. The Morgan fingerprint density at radius 2 is 1.73 bits per heavy atom. The van der Waals surface area contributed by atoms with Gasteiger partial charge in [0.05, 0.1) is 4.90 Å². The van der Waals surface area contributed by atoms with E-state index >= 15 is 0 Å². The number of aromatic nitrogens is 1. The summed E-state index contributed by atoms with van der Waals surface area (Å²) in [6.45, 7) is 6.62. The standard InChI is InChI=1S/C18H29N3O4S/c1-4-20(5-2)26(24,25)16-11-12-17(22)19(13-16)14-18(23)21(6-3)15-9-7-8-10-15/h11-13,15H,4-10,14H2,1-3H3. The molecule has 0 N–H and O–H groups in total. The fraction of sp³-hybridized carbons (Fsp3) is 0.667. The first-order chi connectivity index (χ1) is 12.3. The van der Waals surface area contributed by atoms with Crippen molar-refractivity contribution in [3.63, 3.8) is 0 Å². The van der Waals surface area contributed by atoms with Crippen LogP contribution in [-0.4, -0.2) is 53.8 Å². The molecule has 0 aliphatic heterocycles. The van der Waals surface area contributed by atoms with Gasteiger partial charge in [0.15, 0.2) is 0 Å². The number of likely N-dealkylation sites (N-methyl/N-ethyl adjacent to an activating group) is 1. The van der Waals surface area contributed by atoms with Crippen LogP contribution in [0, 0.1) is 0 Å². The molecule has 0 bridgehead atoms. The van der Waals surface area contributed by atoms with Gasteiger partial charge in [0.25, 0.3) is 5.56 Å². The first-order valence-electron chi connectivity index (χ1n) is 9.35. The first-order valence-corrected chi connectivity index (χ1v) is 10.8. The first kappa shape index (κ1) is 20.6. The van der Waals surface area contributed by atoms with Crippen LogP contribution in [0.4, 0.5) is 0 Å². The zero-order valence-electron chi connectivity index (χ0n) is 15.8. The van der Waals surface area contributed by atoms with E-state index in [-0.39, 0.29) is 28.9 Å². The predicted octanol–water partition coefficient (Wildman–Crippen LogP) is 1.67. The fourth-order valence-corrected chi connectivity index (χ4v) is 5.07. The molecule has 0 atom stereocenters. The summed E-state index contributed by atoms with van der Waals surface area (Å²) in [6, 6.07) is 2.76. The van der Waals surface area contributed by atoms with E-state index in [1.54, 1.807) is 13.8 Å². The van der Waals surface area contributed by atoms with Gasteiger partial charge in [-0.05, 0) is 25.8 Å². The smallest absolute Gasteiger partial charge is 0.251 e. The summed E-state index contributed by atoms with van der Waals surface area (Å²) in [5.74, 6) is -0.140. The van der Waals surface area contributed by atoms with E-state index in [0.29, 0.717) is 19.6 Å². The lowest BCUT2D eigenvalue weighted by Gasteiger charge is -2.28. The highest BCUT2D eigenvalue weighted by Crippen LogP contribution is 2.23. The minimum absolute atomic E-state index is 0.0394. The van der Waals surface area contributed by atoms with Crippen LogP contribution in [0.5, 0.6) is 0 Å². The van der Waals surface area contributed by atoms with E-state index in [4.69, 9.17) is 0 Å². The molecule has 2 rings (SSSR count). The number of nitrogens with zero attached hydrogens (tertiary/aromatic N) is 3. The summed E-state index contributed by atoms with van der Waals surface area (Å²) in [7, 11) is -3.67. The van der Waals surface area contributed by atoms with Crippen molar-refractivity contribution in [3.05, 3.63) is 28.7 Å². The van der Waals surface area contributed by atoms with Crippen LogP contribution in [0.3, 0.4) is 0 Å². The van der Waals surface area contributed by atoms with Crippen molar-refractivity contribution in [2.24, 2.45) is 0 Å². The Morgan fingerprint density at radius 1 is 1.12 bits per heavy atom. The Kier molecular flexibility index (Phi) is 7.00. The lowest BCUT2D eigenvalue weighted by molar-refractivity contribution is -0.133. The van der Waals surface area contributed by atoms with Crippen molar-refractivity contribution in [2.45, 2.75) is 63.9 Å². The molecule has 26 heavy (non-hydrogen) atoms. The third-order valence-corrected chi connectivity index (χ3v) is 7.07. The van der Waals surface area contributed by atoms with E-state index in [1.807, 2.05) is 11.8 Å². The third kappa shape index (κ3) is 4.35. The Labute approximate surface area is 155 Å². The minimum Gasteiger partial charge on any atom is -0.338 e. The normalized spacial score (nSPS) is 15.5. The Morgan fingerprint density at radius 3 is 2.27 bits per heavy atom. The van der Waals surface area contributed by atoms with Gasteiger partial charge >= 0.3 is 0 Å². The number of hydrogen-bond acceptors (Lipinski definition) is 4. The third-order valence-electron chi connectivity index (χ3n) is 5.03. The van der Waals surface area contributed by atoms with Gasteiger partial charge in [0, 0.05) is 37.9 Å². The quantitative estimate of drug-likeness (QED) is 0.684. The number of carbonyl (C=O) groups is 1. The van der Waals surface area contributed by atoms with Crippen molar-refractivity contribution in [1.82, 2.24) is 13.8 Å². The van der Waals surface area contributed by atoms with Crippen molar-refractivity contribution >= 4 is 15.9 Å². The average Bonchev–Trinajstić information content (AvgIpc) is 3.12. The molecule has 7 nitrogen and oxygen atoms in total. The second-order valence-corrected chi connectivity index (χ2v) is 8.48. The van der Waals surface area contributed by atoms with E-state index in [0.717, 1.165) is 25.7 Å². The Bertz CT molecular complexity index is 778. The predicted molar refractivity (Wildman–Crippen MR) is 100 cm³/mol. The second kappa shape index (κ2) is 8.81. The fourth-order valence-electron chi connectivity index (χ4n) is 3.59. The molecule has 1 amide bonds. The van der Waals surface area contributed by atoms with Crippen LogP contribution in [0.1, 0.15) is 46.5 Å². The number of amides is 1. The highest BCUT2D eigenvalue weighted by Gasteiger charge is 2.26. The maximum atomic E-state index is 12.7. The molecule has 0 saturated heterocycles. The molecule has 1 aromatic heterocycles. The molecular formula is C18H29N3O4S.